The highest BCUT2D eigenvalue weighted by Crippen LogP contribution is 2.21. The first-order valence-corrected chi connectivity index (χ1v) is 5.73. The maximum atomic E-state index is 5.72. The van der Waals surface area contributed by atoms with Gasteiger partial charge in [0.25, 0.3) is 0 Å². The molecule has 0 amide bonds. The van der Waals surface area contributed by atoms with Crippen LogP contribution in [0, 0.1) is 0 Å². The van der Waals surface area contributed by atoms with Crippen LogP contribution in [-0.2, 0) is 6.54 Å². The second-order valence-electron chi connectivity index (χ2n) is 3.32. The van der Waals surface area contributed by atoms with E-state index in [1.165, 1.54) is 5.56 Å². The van der Waals surface area contributed by atoms with Crippen LogP contribution in [0.15, 0.2) is 22.7 Å². The molecule has 0 atom stereocenters. The van der Waals surface area contributed by atoms with Gasteiger partial charge in [-0.25, -0.2) is 0 Å². The Morgan fingerprint density at radius 3 is 2.43 bits per heavy atom. The maximum absolute atomic E-state index is 5.72. The molecule has 1 aromatic rings. The van der Waals surface area contributed by atoms with Crippen molar-refractivity contribution in [3.8, 4) is 0 Å². The molecule has 0 unspecified atom stereocenters. The molecule has 2 N–H and O–H groups in total. The van der Waals surface area contributed by atoms with Crippen LogP contribution in [0.2, 0.25) is 0 Å². The van der Waals surface area contributed by atoms with E-state index in [9.17, 15) is 0 Å². The molecule has 14 heavy (non-hydrogen) atoms. The Labute approximate surface area is 94.2 Å². The third-order valence-corrected chi connectivity index (χ3v) is 3.05. The van der Waals surface area contributed by atoms with Crippen LogP contribution in [0.1, 0.15) is 19.4 Å². The van der Waals surface area contributed by atoms with E-state index >= 15 is 0 Å². The summed E-state index contributed by atoms with van der Waals surface area (Å²) in [5.41, 5.74) is 7.82. The number of anilines is 1. The van der Waals surface area contributed by atoms with Crippen LogP contribution in [0.3, 0.4) is 0 Å². The highest BCUT2D eigenvalue weighted by molar-refractivity contribution is 9.10. The second-order valence-corrected chi connectivity index (χ2v) is 4.17. The normalized spacial score (nSPS) is 10.9. The van der Waals surface area contributed by atoms with E-state index in [0.717, 1.165) is 29.8 Å². The first kappa shape index (κ1) is 11.5. The van der Waals surface area contributed by atoms with E-state index in [0.29, 0.717) is 0 Å². The molecule has 2 nitrogen and oxygen atoms in total. The molecule has 0 radical (unpaired) electrons. The predicted octanol–water partition coefficient (Wildman–Crippen LogP) is 2.87. The van der Waals surface area contributed by atoms with Crippen LogP contribution in [0.25, 0.3) is 0 Å². The Hall–Kier alpha value is -0.540. The number of benzene rings is 1. The largest absolute Gasteiger partial charge is 0.398 e. The average Bonchev–Trinajstić information content (AvgIpc) is 2.19. The van der Waals surface area contributed by atoms with Gasteiger partial charge >= 0.3 is 0 Å². The van der Waals surface area contributed by atoms with Gasteiger partial charge in [-0.05, 0) is 46.7 Å². The number of nitrogens with two attached hydrogens (primary N) is 1. The predicted molar refractivity (Wildman–Crippen MR) is 65.2 cm³/mol. The Kier molecular flexibility index (Phi) is 4.42. The fraction of sp³-hybridized carbons (Fsp3) is 0.455. The van der Waals surface area contributed by atoms with Crippen LogP contribution >= 0.6 is 15.9 Å². The zero-order valence-corrected chi connectivity index (χ0v) is 10.3. The molecule has 1 rings (SSSR count). The van der Waals surface area contributed by atoms with Crippen molar-refractivity contribution < 1.29 is 0 Å². The molecule has 0 fully saturated rings. The highest BCUT2D eigenvalue weighted by atomic mass is 79.9. The van der Waals surface area contributed by atoms with Gasteiger partial charge in [-0.3, -0.25) is 4.90 Å². The van der Waals surface area contributed by atoms with E-state index in [1.54, 1.807) is 0 Å². The highest BCUT2D eigenvalue weighted by Gasteiger charge is 2.02. The lowest BCUT2D eigenvalue weighted by atomic mass is 10.2. The minimum Gasteiger partial charge on any atom is -0.398 e. The molecule has 0 heterocycles. The standard InChI is InChI=1S/C11H17BrN2/c1-3-14(4-2)8-9-5-6-11(13)10(12)7-9/h5-7H,3-4,8,13H2,1-2H3. The number of nitrogens with zero attached hydrogens (tertiary/aromatic N) is 1. The minimum absolute atomic E-state index is 0.799. The van der Waals surface area contributed by atoms with E-state index in [-0.39, 0.29) is 0 Å². The molecular formula is C11H17BrN2. The Bertz CT molecular complexity index is 295. The van der Waals surface area contributed by atoms with Gasteiger partial charge in [0.15, 0.2) is 0 Å². The van der Waals surface area contributed by atoms with Crippen LogP contribution in [0.5, 0.6) is 0 Å². The molecule has 0 aliphatic heterocycles. The van der Waals surface area contributed by atoms with E-state index in [2.05, 4.69) is 46.8 Å². The van der Waals surface area contributed by atoms with Crippen molar-refractivity contribution in [2.24, 2.45) is 0 Å². The molecular weight excluding hydrogens is 240 g/mol. The van der Waals surface area contributed by atoms with Gasteiger partial charge in [-0.1, -0.05) is 19.9 Å². The lowest BCUT2D eigenvalue weighted by Crippen LogP contribution is -2.22. The molecule has 0 bridgehead atoms. The smallest absolute Gasteiger partial charge is 0.0458 e. The van der Waals surface area contributed by atoms with Crippen molar-refractivity contribution in [1.29, 1.82) is 0 Å². The first-order valence-electron chi connectivity index (χ1n) is 4.93. The van der Waals surface area contributed by atoms with Crippen molar-refractivity contribution >= 4 is 21.6 Å². The average molecular weight is 257 g/mol. The number of hydrogen-bond donors (Lipinski definition) is 1. The monoisotopic (exact) mass is 256 g/mol. The molecule has 0 aliphatic carbocycles. The Balaban J connectivity index is 2.72. The third-order valence-electron chi connectivity index (χ3n) is 2.37. The summed E-state index contributed by atoms with van der Waals surface area (Å²) in [6.07, 6.45) is 0. The number of halogens is 1. The SMILES string of the molecule is CCN(CC)Cc1ccc(N)c(Br)c1. The van der Waals surface area contributed by atoms with E-state index in [4.69, 9.17) is 5.73 Å². The maximum Gasteiger partial charge on any atom is 0.0458 e. The molecule has 78 valence electrons. The first-order chi connectivity index (χ1) is 6.67. The van der Waals surface area contributed by atoms with Crippen LogP contribution in [-0.4, -0.2) is 18.0 Å². The summed E-state index contributed by atoms with van der Waals surface area (Å²) in [6.45, 7) is 7.51. The van der Waals surface area contributed by atoms with Crippen molar-refractivity contribution in [2.75, 3.05) is 18.8 Å². The Morgan fingerprint density at radius 2 is 1.93 bits per heavy atom. The second kappa shape index (κ2) is 5.37. The van der Waals surface area contributed by atoms with Gasteiger partial charge < -0.3 is 5.73 Å². The zero-order chi connectivity index (χ0) is 10.6. The van der Waals surface area contributed by atoms with Gasteiger partial charge in [-0.2, -0.15) is 0 Å². The summed E-state index contributed by atoms with van der Waals surface area (Å²) in [6, 6.07) is 6.12. The summed E-state index contributed by atoms with van der Waals surface area (Å²) >= 11 is 3.44. The topological polar surface area (TPSA) is 29.3 Å². The third kappa shape index (κ3) is 3.00. The molecule has 0 saturated heterocycles. The van der Waals surface area contributed by atoms with Crippen LogP contribution in [0.4, 0.5) is 5.69 Å². The van der Waals surface area contributed by atoms with Crippen molar-refractivity contribution in [1.82, 2.24) is 4.90 Å². The molecule has 0 saturated carbocycles. The van der Waals surface area contributed by atoms with Gasteiger partial charge in [0.2, 0.25) is 0 Å². The lowest BCUT2D eigenvalue weighted by molar-refractivity contribution is 0.296. The molecule has 0 aromatic heterocycles. The molecule has 3 heteroatoms. The summed E-state index contributed by atoms with van der Waals surface area (Å²) < 4.78 is 0.988. The van der Waals surface area contributed by atoms with Gasteiger partial charge in [0, 0.05) is 16.7 Å². The van der Waals surface area contributed by atoms with Gasteiger partial charge in [-0.15, -0.1) is 0 Å². The minimum atomic E-state index is 0.799. The van der Waals surface area contributed by atoms with E-state index < -0.39 is 0 Å². The fourth-order valence-corrected chi connectivity index (χ4v) is 1.80. The number of hydrogen-bond acceptors (Lipinski definition) is 2. The summed E-state index contributed by atoms with van der Waals surface area (Å²) in [7, 11) is 0. The summed E-state index contributed by atoms with van der Waals surface area (Å²) in [4.78, 5) is 2.37. The molecule has 0 aliphatic rings. The van der Waals surface area contributed by atoms with Crippen molar-refractivity contribution in [3.63, 3.8) is 0 Å². The summed E-state index contributed by atoms with van der Waals surface area (Å²) in [5, 5.41) is 0. The quantitative estimate of drug-likeness (QED) is 0.840. The summed E-state index contributed by atoms with van der Waals surface area (Å²) in [5.74, 6) is 0. The fourth-order valence-electron chi connectivity index (χ4n) is 1.37. The lowest BCUT2D eigenvalue weighted by Gasteiger charge is -2.18. The van der Waals surface area contributed by atoms with Crippen molar-refractivity contribution in [2.45, 2.75) is 20.4 Å². The van der Waals surface area contributed by atoms with Crippen LogP contribution < -0.4 is 5.73 Å². The molecule has 0 spiro atoms. The van der Waals surface area contributed by atoms with Crippen molar-refractivity contribution in [3.05, 3.63) is 28.2 Å². The zero-order valence-electron chi connectivity index (χ0n) is 8.76. The number of nitrogen functional groups attached to an aromatic ring is 1. The van der Waals surface area contributed by atoms with Gasteiger partial charge in [0.1, 0.15) is 0 Å². The Morgan fingerprint density at radius 1 is 1.29 bits per heavy atom. The molecule has 1 aromatic carbocycles. The van der Waals surface area contributed by atoms with E-state index in [1.807, 2.05) is 6.07 Å². The van der Waals surface area contributed by atoms with Gasteiger partial charge in [0.05, 0.1) is 0 Å². The number of rotatable bonds is 4.